The summed E-state index contributed by atoms with van der Waals surface area (Å²) >= 11 is 3.35. The summed E-state index contributed by atoms with van der Waals surface area (Å²) in [7, 11) is 0. The average molecular weight is 212 g/mol. The van der Waals surface area contributed by atoms with Gasteiger partial charge in [0.05, 0.1) is 5.69 Å². The van der Waals surface area contributed by atoms with Crippen molar-refractivity contribution in [1.82, 2.24) is 0 Å². The van der Waals surface area contributed by atoms with Crippen LogP contribution in [0.4, 0.5) is 5.69 Å². The number of benzene rings is 1. The van der Waals surface area contributed by atoms with Gasteiger partial charge in [0.2, 0.25) is 0 Å². The second kappa shape index (κ2) is 2.27. The molecule has 1 aromatic heterocycles. The van der Waals surface area contributed by atoms with Gasteiger partial charge in [-0.15, -0.1) is 0 Å². The smallest absolute Gasteiger partial charge is 0.136 e. The largest absolute Gasteiger partial charge is 0.462 e. The highest BCUT2D eigenvalue weighted by atomic mass is 79.9. The van der Waals surface area contributed by atoms with Crippen LogP contribution in [0.15, 0.2) is 33.4 Å². The number of halogens is 1. The standard InChI is InChI=1S/C8H6BrNO/c9-5-1-2-8-6(3-5)7(10)4-11-8/h1-4H,10H2. The topological polar surface area (TPSA) is 39.2 Å². The molecule has 0 saturated heterocycles. The van der Waals surface area contributed by atoms with E-state index in [-0.39, 0.29) is 0 Å². The highest BCUT2D eigenvalue weighted by Gasteiger charge is 2.01. The van der Waals surface area contributed by atoms with E-state index in [1.807, 2.05) is 18.2 Å². The normalized spacial score (nSPS) is 10.6. The first-order valence-electron chi connectivity index (χ1n) is 3.19. The molecule has 56 valence electrons. The minimum Gasteiger partial charge on any atom is -0.462 e. The van der Waals surface area contributed by atoms with Gasteiger partial charge in [0.25, 0.3) is 0 Å². The van der Waals surface area contributed by atoms with Gasteiger partial charge in [-0.3, -0.25) is 0 Å². The quantitative estimate of drug-likeness (QED) is 0.729. The molecule has 0 radical (unpaired) electrons. The van der Waals surface area contributed by atoms with E-state index in [9.17, 15) is 0 Å². The Labute approximate surface area is 72.1 Å². The monoisotopic (exact) mass is 211 g/mol. The van der Waals surface area contributed by atoms with Crippen LogP contribution in [0.1, 0.15) is 0 Å². The van der Waals surface area contributed by atoms with Crippen molar-refractivity contribution in [2.75, 3.05) is 5.73 Å². The van der Waals surface area contributed by atoms with Crippen LogP contribution in [0.2, 0.25) is 0 Å². The molecule has 0 unspecified atom stereocenters. The lowest BCUT2D eigenvalue weighted by atomic mass is 10.2. The van der Waals surface area contributed by atoms with Gasteiger partial charge < -0.3 is 10.2 Å². The lowest BCUT2D eigenvalue weighted by Gasteiger charge is -1.89. The second-order valence-corrected chi connectivity index (χ2v) is 3.25. The maximum Gasteiger partial charge on any atom is 0.136 e. The molecule has 1 heterocycles. The number of nitrogen functional groups attached to an aromatic ring is 1. The molecule has 2 rings (SSSR count). The van der Waals surface area contributed by atoms with Crippen molar-refractivity contribution in [3.05, 3.63) is 28.9 Å². The molecule has 0 spiro atoms. The van der Waals surface area contributed by atoms with Crippen LogP contribution in [0.3, 0.4) is 0 Å². The lowest BCUT2D eigenvalue weighted by molar-refractivity contribution is 0.617. The number of hydrogen-bond donors (Lipinski definition) is 1. The Bertz CT molecular complexity index is 394. The Balaban J connectivity index is 2.87. The third kappa shape index (κ3) is 1.01. The molecule has 3 heteroatoms. The van der Waals surface area contributed by atoms with Gasteiger partial charge >= 0.3 is 0 Å². The van der Waals surface area contributed by atoms with Crippen molar-refractivity contribution < 1.29 is 4.42 Å². The van der Waals surface area contributed by atoms with E-state index in [1.54, 1.807) is 6.26 Å². The molecule has 0 amide bonds. The van der Waals surface area contributed by atoms with E-state index in [4.69, 9.17) is 10.2 Å². The fraction of sp³-hybridized carbons (Fsp3) is 0. The molecular formula is C8H6BrNO. The summed E-state index contributed by atoms with van der Waals surface area (Å²) in [6, 6.07) is 5.75. The van der Waals surface area contributed by atoms with E-state index in [2.05, 4.69) is 15.9 Å². The molecule has 11 heavy (non-hydrogen) atoms. The molecule has 0 aliphatic carbocycles. The highest BCUT2D eigenvalue weighted by molar-refractivity contribution is 9.10. The average Bonchev–Trinajstić information content (AvgIpc) is 2.33. The Kier molecular flexibility index (Phi) is 1.39. The molecule has 0 saturated carbocycles. The zero-order valence-corrected chi connectivity index (χ0v) is 7.26. The molecular weight excluding hydrogens is 206 g/mol. The van der Waals surface area contributed by atoms with Crippen LogP contribution >= 0.6 is 15.9 Å². The van der Waals surface area contributed by atoms with Crippen molar-refractivity contribution in [2.45, 2.75) is 0 Å². The Morgan fingerprint density at radius 3 is 3.00 bits per heavy atom. The van der Waals surface area contributed by atoms with Crippen molar-refractivity contribution in [1.29, 1.82) is 0 Å². The van der Waals surface area contributed by atoms with Gasteiger partial charge in [0, 0.05) is 9.86 Å². The highest BCUT2D eigenvalue weighted by Crippen LogP contribution is 2.25. The van der Waals surface area contributed by atoms with Crippen LogP contribution in [0, 0.1) is 0 Å². The molecule has 0 bridgehead atoms. The maximum absolute atomic E-state index is 5.63. The fourth-order valence-electron chi connectivity index (χ4n) is 1.02. The Morgan fingerprint density at radius 2 is 2.18 bits per heavy atom. The fourth-order valence-corrected chi connectivity index (χ4v) is 1.38. The first kappa shape index (κ1) is 6.73. The first-order valence-corrected chi connectivity index (χ1v) is 3.99. The van der Waals surface area contributed by atoms with Crippen LogP contribution in [-0.4, -0.2) is 0 Å². The first-order chi connectivity index (χ1) is 5.27. The van der Waals surface area contributed by atoms with Gasteiger partial charge in [-0.2, -0.15) is 0 Å². The molecule has 0 atom stereocenters. The van der Waals surface area contributed by atoms with E-state index in [0.29, 0.717) is 5.69 Å². The van der Waals surface area contributed by atoms with Gasteiger partial charge in [0.15, 0.2) is 0 Å². The number of nitrogens with two attached hydrogens (primary N) is 1. The number of fused-ring (bicyclic) bond motifs is 1. The van der Waals surface area contributed by atoms with Crippen LogP contribution in [0.25, 0.3) is 11.0 Å². The molecule has 0 aliphatic heterocycles. The SMILES string of the molecule is Nc1coc2ccc(Br)cc12. The third-order valence-electron chi connectivity index (χ3n) is 1.57. The summed E-state index contributed by atoms with van der Waals surface area (Å²) in [5.41, 5.74) is 7.14. The van der Waals surface area contributed by atoms with Gasteiger partial charge in [-0.05, 0) is 18.2 Å². The van der Waals surface area contributed by atoms with Crippen molar-refractivity contribution in [3.63, 3.8) is 0 Å². The summed E-state index contributed by atoms with van der Waals surface area (Å²) in [6.07, 6.45) is 1.55. The Hall–Kier alpha value is -0.960. The van der Waals surface area contributed by atoms with Crippen LogP contribution < -0.4 is 5.73 Å². The zero-order chi connectivity index (χ0) is 7.84. The van der Waals surface area contributed by atoms with Crippen molar-refractivity contribution in [2.24, 2.45) is 0 Å². The summed E-state index contributed by atoms with van der Waals surface area (Å²) < 4.78 is 6.17. The molecule has 2 N–H and O–H groups in total. The molecule has 2 nitrogen and oxygen atoms in total. The molecule has 0 aliphatic rings. The summed E-state index contributed by atoms with van der Waals surface area (Å²) in [4.78, 5) is 0. The van der Waals surface area contributed by atoms with E-state index >= 15 is 0 Å². The Morgan fingerprint density at radius 1 is 1.36 bits per heavy atom. The molecule has 0 fully saturated rings. The van der Waals surface area contributed by atoms with E-state index < -0.39 is 0 Å². The lowest BCUT2D eigenvalue weighted by Crippen LogP contribution is -1.79. The number of anilines is 1. The summed E-state index contributed by atoms with van der Waals surface area (Å²) in [5, 5.41) is 0.958. The number of furan rings is 1. The van der Waals surface area contributed by atoms with E-state index in [1.165, 1.54) is 0 Å². The van der Waals surface area contributed by atoms with Crippen LogP contribution in [-0.2, 0) is 0 Å². The zero-order valence-electron chi connectivity index (χ0n) is 5.67. The minimum absolute atomic E-state index is 0.682. The van der Waals surface area contributed by atoms with Gasteiger partial charge in [0.1, 0.15) is 11.8 Å². The number of hydrogen-bond acceptors (Lipinski definition) is 2. The maximum atomic E-state index is 5.63. The summed E-state index contributed by atoms with van der Waals surface area (Å²) in [6.45, 7) is 0. The van der Waals surface area contributed by atoms with Crippen molar-refractivity contribution in [3.8, 4) is 0 Å². The van der Waals surface area contributed by atoms with Gasteiger partial charge in [-0.1, -0.05) is 15.9 Å². The summed E-state index contributed by atoms with van der Waals surface area (Å²) in [5.74, 6) is 0. The molecule has 2 aromatic rings. The number of rotatable bonds is 0. The second-order valence-electron chi connectivity index (χ2n) is 2.33. The minimum atomic E-state index is 0.682. The third-order valence-corrected chi connectivity index (χ3v) is 2.06. The van der Waals surface area contributed by atoms with E-state index in [0.717, 1.165) is 15.4 Å². The molecule has 1 aromatic carbocycles. The predicted octanol–water partition coefficient (Wildman–Crippen LogP) is 2.78. The predicted molar refractivity (Wildman–Crippen MR) is 48.3 cm³/mol. The van der Waals surface area contributed by atoms with Crippen molar-refractivity contribution >= 4 is 32.6 Å². The van der Waals surface area contributed by atoms with Gasteiger partial charge in [-0.25, -0.2) is 0 Å². The van der Waals surface area contributed by atoms with Crippen LogP contribution in [0.5, 0.6) is 0 Å².